The third kappa shape index (κ3) is 4.91. The van der Waals surface area contributed by atoms with Gasteiger partial charge in [0.1, 0.15) is 5.82 Å². The van der Waals surface area contributed by atoms with E-state index in [1.165, 1.54) is 0 Å². The fourth-order valence-corrected chi connectivity index (χ4v) is 5.48. The molecule has 2 aromatic heterocycles. The van der Waals surface area contributed by atoms with Gasteiger partial charge >= 0.3 is 0 Å². The topological polar surface area (TPSA) is 62.5 Å². The van der Waals surface area contributed by atoms with Crippen LogP contribution in [0.25, 0.3) is 28.0 Å². The van der Waals surface area contributed by atoms with Gasteiger partial charge in [0.15, 0.2) is 5.65 Å². The van der Waals surface area contributed by atoms with Crippen LogP contribution in [0.4, 0.5) is 5.82 Å². The van der Waals surface area contributed by atoms with Gasteiger partial charge < -0.3 is 10.2 Å². The van der Waals surface area contributed by atoms with Crippen molar-refractivity contribution in [2.75, 3.05) is 18.4 Å². The number of carbonyl (C=O) groups excluding carboxylic acids is 1. The van der Waals surface area contributed by atoms with Crippen LogP contribution in [0.5, 0.6) is 0 Å². The van der Waals surface area contributed by atoms with E-state index >= 15 is 0 Å². The second-order valence-corrected chi connectivity index (χ2v) is 10.7. The summed E-state index contributed by atoms with van der Waals surface area (Å²) in [4.78, 5) is 19.9. The average Bonchev–Trinajstić information content (AvgIpc) is 3.34. The molecule has 0 radical (unpaired) electrons. The second kappa shape index (κ2) is 10.6. The molecule has 1 aliphatic heterocycles. The Morgan fingerprint density at radius 1 is 0.921 bits per heavy atom. The lowest BCUT2D eigenvalue weighted by Crippen LogP contribution is -2.42. The third-order valence-electron chi connectivity index (χ3n) is 6.95. The van der Waals surface area contributed by atoms with E-state index in [1.807, 2.05) is 77.7 Å². The monoisotopic (exact) mass is 585 g/mol. The molecule has 38 heavy (non-hydrogen) atoms. The standard InChI is InChI=1S/C30H25BrClN5O/c31-25-19-33-37-28(18-27(35-29(25)37)24-8-4-5-9-26(24)32)34-23-14-16-36(17-15-23)30(38)22-12-10-21(11-13-22)20-6-2-1-3-7-20/h1-13,18-19,23,34H,14-17H2. The zero-order valence-electron chi connectivity index (χ0n) is 20.5. The van der Waals surface area contributed by atoms with Gasteiger partial charge in [0.25, 0.3) is 5.91 Å². The number of aromatic nitrogens is 3. The number of rotatable bonds is 5. The highest BCUT2D eigenvalue weighted by molar-refractivity contribution is 9.10. The van der Waals surface area contributed by atoms with E-state index in [1.54, 1.807) is 10.7 Å². The molecule has 1 N–H and O–H groups in total. The van der Waals surface area contributed by atoms with E-state index in [-0.39, 0.29) is 11.9 Å². The van der Waals surface area contributed by atoms with E-state index in [9.17, 15) is 4.79 Å². The lowest BCUT2D eigenvalue weighted by molar-refractivity contribution is 0.0718. The van der Waals surface area contributed by atoms with Crippen molar-refractivity contribution in [1.82, 2.24) is 19.5 Å². The number of likely N-dealkylation sites (tertiary alicyclic amines) is 1. The summed E-state index contributed by atoms with van der Waals surface area (Å²) in [7, 11) is 0. The highest BCUT2D eigenvalue weighted by Crippen LogP contribution is 2.31. The van der Waals surface area contributed by atoms with E-state index in [2.05, 4.69) is 38.5 Å². The van der Waals surface area contributed by atoms with Crippen LogP contribution in [0.3, 0.4) is 0 Å². The molecular formula is C30H25BrClN5O. The Bertz CT molecular complexity index is 1590. The Kier molecular flexibility index (Phi) is 6.87. The number of amides is 1. The van der Waals surface area contributed by atoms with Crippen LogP contribution in [0.15, 0.2) is 95.6 Å². The number of hydrogen-bond donors (Lipinski definition) is 1. The molecule has 8 heteroatoms. The first-order valence-electron chi connectivity index (χ1n) is 12.6. The molecule has 0 unspecified atom stereocenters. The van der Waals surface area contributed by atoms with Gasteiger partial charge in [-0.2, -0.15) is 9.61 Å². The van der Waals surface area contributed by atoms with Crippen LogP contribution in [0.1, 0.15) is 23.2 Å². The zero-order valence-corrected chi connectivity index (χ0v) is 22.9. The largest absolute Gasteiger partial charge is 0.367 e. The second-order valence-electron chi connectivity index (χ2n) is 9.39. The van der Waals surface area contributed by atoms with Crippen molar-refractivity contribution in [2.45, 2.75) is 18.9 Å². The molecule has 190 valence electrons. The number of halogens is 2. The molecule has 5 aromatic rings. The van der Waals surface area contributed by atoms with Crippen LogP contribution in [0, 0.1) is 0 Å². The first-order chi connectivity index (χ1) is 18.6. The van der Waals surface area contributed by atoms with Crippen LogP contribution in [0.2, 0.25) is 5.02 Å². The summed E-state index contributed by atoms with van der Waals surface area (Å²) in [6.07, 6.45) is 3.41. The molecule has 0 bridgehead atoms. The number of nitrogens with zero attached hydrogens (tertiary/aromatic N) is 4. The number of carbonyl (C=O) groups is 1. The summed E-state index contributed by atoms with van der Waals surface area (Å²) in [5, 5.41) is 8.80. The van der Waals surface area contributed by atoms with Crippen molar-refractivity contribution in [3.8, 4) is 22.4 Å². The summed E-state index contributed by atoms with van der Waals surface area (Å²) >= 11 is 10.0. The Labute approximate surface area is 234 Å². The Morgan fingerprint density at radius 2 is 1.61 bits per heavy atom. The minimum absolute atomic E-state index is 0.0753. The Hall–Kier alpha value is -3.68. The number of benzene rings is 3. The minimum Gasteiger partial charge on any atom is -0.367 e. The van der Waals surface area contributed by atoms with Crippen molar-refractivity contribution >= 4 is 44.9 Å². The lowest BCUT2D eigenvalue weighted by Gasteiger charge is -2.33. The molecule has 0 aliphatic carbocycles. The lowest BCUT2D eigenvalue weighted by atomic mass is 10.0. The predicted molar refractivity (Wildman–Crippen MR) is 156 cm³/mol. The minimum atomic E-state index is 0.0753. The van der Waals surface area contributed by atoms with Gasteiger partial charge in [-0.25, -0.2) is 4.98 Å². The Balaban J connectivity index is 1.16. The van der Waals surface area contributed by atoms with E-state index in [0.717, 1.165) is 56.7 Å². The normalized spacial score (nSPS) is 14.1. The number of piperidine rings is 1. The molecule has 6 rings (SSSR count). The highest BCUT2D eigenvalue weighted by atomic mass is 79.9. The quantitative estimate of drug-likeness (QED) is 0.237. The molecule has 1 fully saturated rings. The smallest absolute Gasteiger partial charge is 0.253 e. The molecular weight excluding hydrogens is 562 g/mol. The zero-order chi connectivity index (χ0) is 26.1. The van der Waals surface area contributed by atoms with Gasteiger partial charge in [0, 0.05) is 41.3 Å². The van der Waals surface area contributed by atoms with E-state index < -0.39 is 0 Å². The van der Waals surface area contributed by atoms with Crippen molar-refractivity contribution < 1.29 is 4.79 Å². The van der Waals surface area contributed by atoms with Crippen LogP contribution >= 0.6 is 27.5 Å². The maximum Gasteiger partial charge on any atom is 0.253 e. The number of anilines is 1. The summed E-state index contributed by atoms with van der Waals surface area (Å²) in [5.74, 6) is 0.920. The van der Waals surface area contributed by atoms with Gasteiger partial charge in [0.2, 0.25) is 0 Å². The summed E-state index contributed by atoms with van der Waals surface area (Å²) in [6.45, 7) is 1.37. The first-order valence-corrected chi connectivity index (χ1v) is 13.7. The Morgan fingerprint density at radius 3 is 2.34 bits per heavy atom. The van der Waals surface area contributed by atoms with Crippen molar-refractivity contribution in [2.24, 2.45) is 0 Å². The van der Waals surface area contributed by atoms with E-state index in [0.29, 0.717) is 18.1 Å². The van der Waals surface area contributed by atoms with Crippen LogP contribution in [-0.4, -0.2) is 44.5 Å². The fraction of sp³-hybridized carbons (Fsp3) is 0.167. The molecule has 1 saturated heterocycles. The van der Waals surface area contributed by atoms with Crippen molar-refractivity contribution in [1.29, 1.82) is 0 Å². The van der Waals surface area contributed by atoms with Crippen LogP contribution in [-0.2, 0) is 0 Å². The van der Waals surface area contributed by atoms with Crippen LogP contribution < -0.4 is 5.32 Å². The fourth-order valence-electron chi connectivity index (χ4n) is 4.90. The average molecular weight is 587 g/mol. The van der Waals surface area contributed by atoms with Gasteiger partial charge in [-0.3, -0.25) is 4.79 Å². The molecule has 6 nitrogen and oxygen atoms in total. The van der Waals surface area contributed by atoms with Crippen molar-refractivity contribution in [3.05, 3.63) is 106 Å². The van der Waals surface area contributed by atoms with E-state index in [4.69, 9.17) is 16.6 Å². The van der Waals surface area contributed by atoms with Crippen molar-refractivity contribution in [3.63, 3.8) is 0 Å². The molecule has 1 amide bonds. The predicted octanol–water partition coefficient (Wildman–Crippen LogP) is 7.20. The van der Waals surface area contributed by atoms with Gasteiger partial charge in [-0.1, -0.05) is 72.3 Å². The third-order valence-corrected chi connectivity index (χ3v) is 7.84. The highest BCUT2D eigenvalue weighted by Gasteiger charge is 2.25. The molecule has 0 saturated carbocycles. The summed E-state index contributed by atoms with van der Waals surface area (Å²) < 4.78 is 2.61. The first kappa shape index (κ1) is 24.6. The molecule has 0 atom stereocenters. The molecule has 3 aromatic carbocycles. The number of nitrogens with one attached hydrogen (secondary N) is 1. The van der Waals surface area contributed by atoms with Gasteiger partial charge in [-0.05, 0) is 58.1 Å². The molecule has 3 heterocycles. The summed E-state index contributed by atoms with van der Waals surface area (Å²) in [5.41, 5.74) is 5.33. The number of hydrogen-bond acceptors (Lipinski definition) is 4. The maximum absolute atomic E-state index is 13.2. The molecule has 1 aliphatic rings. The number of fused-ring (bicyclic) bond motifs is 1. The van der Waals surface area contributed by atoms with Gasteiger partial charge in [0.05, 0.1) is 16.4 Å². The SMILES string of the molecule is O=C(c1ccc(-c2ccccc2)cc1)N1CCC(Nc2cc(-c3ccccc3Cl)nc3c(Br)cnn23)CC1. The summed E-state index contributed by atoms with van der Waals surface area (Å²) in [6, 6.07) is 28.0. The van der Waals surface area contributed by atoms with Gasteiger partial charge in [-0.15, -0.1) is 0 Å². The maximum atomic E-state index is 13.2. The molecule has 0 spiro atoms.